The first-order chi connectivity index (χ1) is 16.0. The van der Waals surface area contributed by atoms with Gasteiger partial charge in [0.15, 0.2) is 0 Å². The second-order valence-corrected chi connectivity index (χ2v) is 9.20. The van der Waals surface area contributed by atoms with Crippen LogP contribution in [0.15, 0.2) is 60.5 Å². The number of ether oxygens (including phenoxy) is 1. The number of hydrogen-bond acceptors (Lipinski definition) is 6. The summed E-state index contributed by atoms with van der Waals surface area (Å²) in [5.41, 5.74) is 0.295. The molecular formula is C23H19F3N2O5S. The van der Waals surface area contributed by atoms with Crippen LogP contribution in [0.25, 0.3) is 16.5 Å². The number of amides is 1. The Bertz CT molecular complexity index is 1400. The number of carbonyl (C=O) groups is 1. The zero-order valence-corrected chi connectivity index (χ0v) is 18.7. The number of benzene rings is 2. The zero-order valence-electron chi connectivity index (χ0n) is 17.8. The van der Waals surface area contributed by atoms with Crippen LogP contribution in [0.4, 0.5) is 18.9 Å². The van der Waals surface area contributed by atoms with Crippen molar-refractivity contribution in [1.29, 1.82) is 0 Å². The number of carbonyl (C=O) groups excluding carboxylic acids is 1. The molecule has 178 valence electrons. The summed E-state index contributed by atoms with van der Waals surface area (Å²) in [5, 5.41) is 3.43. The first kappa shape index (κ1) is 23.6. The molecule has 0 aliphatic carbocycles. The van der Waals surface area contributed by atoms with E-state index in [0.29, 0.717) is 17.6 Å². The average molecular weight is 492 g/mol. The van der Waals surface area contributed by atoms with Gasteiger partial charge in [0, 0.05) is 28.4 Å². The van der Waals surface area contributed by atoms with E-state index in [-0.39, 0.29) is 29.9 Å². The summed E-state index contributed by atoms with van der Waals surface area (Å²) in [4.78, 5) is 17.4. The van der Waals surface area contributed by atoms with Gasteiger partial charge in [0.25, 0.3) is 5.91 Å². The number of nitrogens with one attached hydrogen (secondary N) is 1. The molecule has 1 N–H and O–H groups in total. The molecule has 0 atom stereocenters. The largest absolute Gasteiger partial charge is 0.493 e. The molecule has 11 heteroatoms. The number of pyridine rings is 1. The van der Waals surface area contributed by atoms with E-state index in [2.05, 4.69) is 10.3 Å². The molecule has 2 aromatic carbocycles. The highest BCUT2D eigenvalue weighted by atomic mass is 32.2. The molecular weight excluding hydrogens is 473 g/mol. The summed E-state index contributed by atoms with van der Waals surface area (Å²) in [6.07, 6.45) is -1.75. The third-order valence-corrected chi connectivity index (χ3v) is 5.51. The van der Waals surface area contributed by atoms with Crippen molar-refractivity contribution in [2.75, 3.05) is 18.2 Å². The standard InChI is InChI=1S/C23H19F3N2O5S/c1-34(30,31)33-21(22(29)28-16-8-6-14-4-2-10-27-19(14)13-16)18-5-3-11-32-20-12-15(23(24,25)26)7-9-17(18)20/h2,4,6-10,12-13H,3,5,11H2,1H3,(H,28,29)/b21-18-. The summed E-state index contributed by atoms with van der Waals surface area (Å²) in [6.45, 7) is 0.0852. The fourth-order valence-corrected chi connectivity index (χ4v) is 4.06. The molecule has 1 aliphatic rings. The van der Waals surface area contributed by atoms with Crippen molar-refractivity contribution in [3.05, 3.63) is 71.6 Å². The number of nitrogens with zero attached hydrogens (tertiary/aromatic N) is 1. The van der Waals surface area contributed by atoms with Crippen LogP contribution in [0.5, 0.6) is 5.75 Å². The lowest BCUT2D eigenvalue weighted by atomic mass is 9.98. The van der Waals surface area contributed by atoms with Gasteiger partial charge in [-0.15, -0.1) is 0 Å². The predicted octanol–water partition coefficient (Wildman–Crippen LogP) is 4.75. The van der Waals surface area contributed by atoms with Gasteiger partial charge in [-0.2, -0.15) is 21.6 Å². The van der Waals surface area contributed by atoms with Crippen LogP contribution < -0.4 is 10.1 Å². The fraction of sp³-hybridized carbons (Fsp3) is 0.217. The van der Waals surface area contributed by atoms with Gasteiger partial charge in [0.05, 0.1) is 23.9 Å². The van der Waals surface area contributed by atoms with Gasteiger partial charge in [-0.1, -0.05) is 18.2 Å². The van der Waals surface area contributed by atoms with Crippen molar-refractivity contribution in [2.45, 2.75) is 19.0 Å². The Morgan fingerprint density at radius 1 is 1.15 bits per heavy atom. The second kappa shape index (κ2) is 8.98. The molecule has 4 rings (SSSR count). The van der Waals surface area contributed by atoms with Crippen molar-refractivity contribution in [3.8, 4) is 5.75 Å². The molecule has 1 aromatic heterocycles. The normalized spacial score (nSPS) is 15.6. The summed E-state index contributed by atoms with van der Waals surface area (Å²) < 4.78 is 74.0. The van der Waals surface area contributed by atoms with Crippen LogP contribution in [0.1, 0.15) is 24.0 Å². The molecule has 0 saturated heterocycles. The maximum atomic E-state index is 13.2. The summed E-state index contributed by atoms with van der Waals surface area (Å²) >= 11 is 0. The SMILES string of the molecule is CS(=O)(=O)O/C(C(=O)Nc1ccc2cccnc2c1)=C1/CCCOc2cc(C(F)(F)F)ccc21. The minimum Gasteiger partial charge on any atom is -0.493 e. The number of halogens is 3. The minimum absolute atomic E-state index is 0.0852. The van der Waals surface area contributed by atoms with E-state index in [1.165, 1.54) is 0 Å². The molecule has 0 radical (unpaired) electrons. The number of fused-ring (bicyclic) bond motifs is 2. The van der Waals surface area contributed by atoms with Crippen molar-refractivity contribution in [2.24, 2.45) is 0 Å². The second-order valence-electron chi connectivity index (χ2n) is 7.62. The highest BCUT2D eigenvalue weighted by molar-refractivity contribution is 7.86. The van der Waals surface area contributed by atoms with Crippen molar-refractivity contribution in [1.82, 2.24) is 4.98 Å². The van der Waals surface area contributed by atoms with E-state index in [1.54, 1.807) is 30.5 Å². The van der Waals surface area contributed by atoms with Crippen LogP contribution in [0.3, 0.4) is 0 Å². The summed E-state index contributed by atoms with van der Waals surface area (Å²) in [7, 11) is -4.14. The van der Waals surface area contributed by atoms with Crippen LogP contribution >= 0.6 is 0 Å². The Hall–Kier alpha value is -3.60. The number of alkyl halides is 3. The first-order valence-electron chi connectivity index (χ1n) is 10.1. The first-order valence-corrected chi connectivity index (χ1v) is 12.0. The predicted molar refractivity (Wildman–Crippen MR) is 119 cm³/mol. The van der Waals surface area contributed by atoms with Gasteiger partial charge in [-0.05, 0) is 43.2 Å². The molecule has 1 aliphatic heterocycles. The Balaban J connectivity index is 1.79. The molecule has 0 saturated carbocycles. The number of allylic oxidation sites excluding steroid dienone is 1. The maximum absolute atomic E-state index is 13.2. The lowest BCUT2D eigenvalue weighted by molar-refractivity contribution is -0.137. The van der Waals surface area contributed by atoms with E-state index in [9.17, 15) is 26.4 Å². The van der Waals surface area contributed by atoms with Crippen LogP contribution in [-0.4, -0.2) is 32.2 Å². The highest BCUT2D eigenvalue weighted by Gasteiger charge is 2.33. The quantitative estimate of drug-likeness (QED) is 0.321. The lowest BCUT2D eigenvalue weighted by Crippen LogP contribution is -2.20. The molecule has 2 heterocycles. The van der Waals surface area contributed by atoms with E-state index in [4.69, 9.17) is 8.92 Å². The minimum atomic E-state index is -4.60. The van der Waals surface area contributed by atoms with Crippen molar-refractivity contribution >= 4 is 38.2 Å². The third kappa shape index (κ3) is 5.30. The van der Waals surface area contributed by atoms with Crippen molar-refractivity contribution < 1.29 is 35.3 Å². The van der Waals surface area contributed by atoms with Crippen molar-refractivity contribution in [3.63, 3.8) is 0 Å². The summed E-state index contributed by atoms with van der Waals surface area (Å²) in [5.74, 6) is -1.52. The van der Waals surface area contributed by atoms with E-state index >= 15 is 0 Å². The monoisotopic (exact) mass is 492 g/mol. The molecule has 3 aromatic rings. The van der Waals surface area contributed by atoms with E-state index < -0.39 is 33.5 Å². The maximum Gasteiger partial charge on any atom is 0.416 e. The molecule has 0 fully saturated rings. The third-order valence-electron chi connectivity index (χ3n) is 5.04. The Kier molecular flexibility index (Phi) is 6.22. The summed E-state index contributed by atoms with van der Waals surface area (Å²) in [6, 6.07) is 11.4. The van der Waals surface area contributed by atoms with Gasteiger partial charge in [-0.25, -0.2) is 0 Å². The zero-order chi connectivity index (χ0) is 24.5. The van der Waals surface area contributed by atoms with Gasteiger partial charge in [0.2, 0.25) is 5.76 Å². The topological polar surface area (TPSA) is 94.6 Å². The van der Waals surface area contributed by atoms with Crippen LogP contribution in [0.2, 0.25) is 0 Å². The number of rotatable bonds is 4. The smallest absolute Gasteiger partial charge is 0.416 e. The number of anilines is 1. The van der Waals surface area contributed by atoms with E-state index in [1.807, 2.05) is 6.07 Å². The number of hydrogen-bond donors (Lipinski definition) is 1. The van der Waals surface area contributed by atoms with Gasteiger partial charge < -0.3 is 14.2 Å². The van der Waals surface area contributed by atoms with Gasteiger partial charge in [0.1, 0.15) is 5.75 Å². The van der Waals surface area contributed by atoms with Crippen LogP contribution in [-0.2, 0) is 25.3 Å². The van der Waals surface area contributed by atoms with Gasteiger partial charge in [-0.3, -0.25) is 9.78 Å². The average Bonchev–Trinajstić information content (AvgIpc) is 2.98. The number of aromatic nitrogens is 1. The lowest BCUT2D eigenvalue weighted by Gasteiger charge is -2.16. The molecule has 7 nitrogen and oxygen atoms in total. The molecule has 0 unspecified atom stereocenters. The van der Waals surface area contributed by atoms with E-state index in [0.717, 1.165) is 29.8 Å². The molecule has 1 amide bonds. The molecule has 34 heavy (non-hydrogen) atoms. The van der Waals surface area contributed by atoms with Gasteiger partial charge >= 0.3 is 16.3 Å². The highest BCUT2D eigenvalue weighted by Crippen LogP contribution is 2.39. The molecule has 0 bridgehead atoms. The Morgan fingerprint density at radius 2 is 1.94 bits per heavy atom. The Labute approximate surface area is 193 Å². The van der Waals surface area contributed by atoms with Crippen LogP contribution in [0, 0.1) is 0 Å². The fourth-order valence-electron chi connectivity index (χ4n) is 3.58. The molecule has 0 spiro atoms. The Morgan fingerprint density at radius 3 is 2.68 bits per heavy atom.